The van der Waals surface area contributed by atoms with Gasteiger partial charge in [-0.3, -0.25) is 4.79 Å². The third kappa shape index (κ3) is 4.06. The Balaban J connectivity index is 2.07. The number of hydrogen-bond acceptors (Lipinski definition) is 5. The lowest BCUT2D eigenvalue weighted by molar-refractivity contribution is -0.114. The molecule has 28 heavy (non-hydrogen) atoms. The number of amides is 1. The van der Waals surface area contributed by atoms with Gasteiger partial charge in [-0.05, 0) is 31.2 Å². The number of rotatable bonds is 6. The topological polar surface area (TPSA) is 89.7 Å². The predicted octanol–water partition coefficient (Wildman–Crippen LogP) is 4.24. The Morgan fingerprint density at radius 2 is 1.93 bits per heavy atom. The average molecular weight is 386 g/mol. The first-order valence-electron chi connectivity index (χ1n) is 8.54. The number of nitrogens with one attached hydrogen (secondary N) is 2. The fraction of sp³-hybridized carbons (Fsp3) is 0.200. The molecule has 0 aliphatic rings. The number of carbonyl (C=O) groups excluding carboxylic acids is 2. The number of aromatic amines is 1. The molecule has 3 rings (SSSR count). The van der Waals surface area contributed by atoms with Crippen molar-refractivity contribution in [2.24, 2.45) is 0 Å². The zero-order valence-electron chi connectivity index (χ0n) is 15.6. The Labute approximate surface area is 160 Å². The van der Waals surface area contributed by atoms with Gasteiger partial charge in [0.2, 0.25) is 5.91 Å². The predicted molar refractivity (Wildman–Crippen MR) is 102 cm³/mol. The molecule has 0 unspecified atom stereocenters. The van der Waals surface area contributed by atoms with Gasteiger partial charge in [0.15, 0.2) is 11.6 Å². The first kappa shape index (κ1) is 19.2. The van der Waals surface area contributed by atoms with Crippen molar-refractivity contribution in [2.45, 2.75) is 13.8 Å². The van der Waals surface area contributed by atoms with Crippen LogP contribution in [0.25, 0.3) is 10.9 Å². The molecule has 1 aromatic heterocycles. The number of aromatic nitrogens is 1. The van der Waals surface area contributed by atoms with Gasteiger partial charge in [0.1, 0.15) is 17.2 Å². The van der Waals surface area contributed by atoms with E-state index >= 15 is 0 Å². The summed E-state index contributed by atoms with van der Waals surface area (Å²) in [6, 6.07) is 8.98. The van der Waals surface area contributed by atoms with E-state index in [9.17, 15) is 14.0 Å². The molecule has 8 heteroatoms. The Morgan fingerprint density at radius 1 is 1.14 bits per heavy atom. The second-order valence-electron chi connectivity index (χ2n) is 5.92. The molecule has 0 aliphatic heterocycles. The van der Waals surface area contributed by atoms with Crippen molar-refractivity contribution in [2.75, 3.05) is 19.0 Å². The minimum absolute atomic E-state index is 0.0352. The van der Waals surface area contributed by atoms with Crippen LogP contribution in [0.2, 0.25) is 0 Å². The number of carbonyl (C=O) groups is 2. The van der Waals surface area contributed by atoms with Gasteiger partial charge in [0.05, 0.1) is 19.2 Å². The number of ether oxygens (including phenoxy) is 3. The van der Waals surface area contributed by atoms with Gasteiger partial charge in [0, 0.05) is 30.1 Å². The zero-order chi connectivity index (χ0) is 20.3. The number of methoxy groups -OCH3 is 1. The molecule has 2 N–H and O–H groups in total. The van der Waals surface area contributed by atoms with Crippen molar-refractivity contribution in [3.63, 3.8) is 0 Å². The van der Waals surface area contributed by atoms with Crippen LogP contribution >= 0.6 is 0 Å². The average Bonchev–Trinajstić information content (AvgIpc) is 3.07. The fourth-order valence-electron chi connectivity index (χ4n) is 2.71. The zero-order valence-corrected chi connectivity index (χ0v) is 15.6. The van der Waals surface area contributed by atoms with Gasteiger partial charge < -0.3 is 24.5 Å². The van der Waals surface area contributed by atoms with Crippen molar-refractivity contribution in [1.29, 1.82) is 0 Å². The molecule has 3 aromatic rings. The van der Waals surface area contributed by atoms with Crippen molar-refractivity contribution < 1.29 is 28.2 Å². The van der Waals surface area contributed by atoms with Crippen LogP contribution in [-0.2, 0) is 9.53 Å². The number of hydrogen-bond donors (Lipinski definition) is 2. The quantitative estimate of drug-likeness (QED) is 0.619. The molecule has 0 radical (unpaired) electrons. The maximum Gasteiger partial charge on any atom is 0.354 e. The highest BCUT2D eigenvalue weighted by atomic mass is 19.1. The largest absolute Gasteiger partial charge is 0.494 e. The molecular formula is C20H19FN2O5. The molecule has 0 aliphatic carbocycles. The van der Waals surface area contributed by atoms with Crippen LogP contribution in [0.4, 0.5) is 10.1 Å². The molecule has 0 saturated carbocycles. The Kier molecular flexibility index (Phi) is 5.49. The monoisotopic (exact) mass is 386 g/mol. The molecule has 0 saturated heterocycles. The van der Waals surface area contributed by atoms with E-state index in [2.05, 4.69) is 10.3 Å². The fourth-order valence-corrected chi connectivity index (χ4v) is 2.71. The number of fused-ring (bicyclic) bond motifs is 1. The van der Waals surface area contributed by atoms with Crippen molar-refractivity contribution in [1.82, 2.24) is 4.98 Å². The lowest BCUT2D eigenvalue weighted by Crippen LogP contribution is -2.05. The van der Waals surface area contributed by atoms with E-state index in [1.54, 1.807) is 25.1 Å². The van der Waals surface area contributed by atoms with E-state index in [1.807, 2.05) is 0 Å². The third-order valence-electron chi connectivity index (χ3n) is 3.87. The molecule has 2 aromatic carbocycles. The van der Waals surface area contributed by atoms with Crippen LogP contribution in [0.5, 0.6) is 17.2 Å². The van der Waals surface area contributed by atoms with Gasteiger partial charge in [-0.25, -0.2) is 9.18 Å². The summed E-state index contributed by atoms with van der Waals surface area (Å²) in [7, 11) is 1.36. The minimum Gasteiger partial charge on any atom is -0.494 e. The molecule has 0 fully saturated rings. The third-order valence-corrected chi connectivity index (χ3v) is 3.87. The summed E-state index contributed by atoms with van der Waals surface area (Å²) in [4.78, 5) is 26.5. The molecule has 146 valence electrons. The SMILES string of the molecule is CCOC(=O)c1cc2c(Oc3ccc(F)c(OC)c3)cc(NC(C)=O)cc2[nH]1. The van der Waals surface area contributed by atoms with Crippen molar-refractivity contribution in [3.8, 4) is 17.2 Å². The summed E-state index contributed by atoms with van der Waals surface area (Å²) < 4.78 is 29.5. The molecule has 1 heterocycles. The smallest absolute Gasteiger partial charge is 0.354 e. The summed E-state index contributed by atoms with van der Waals surface area (Å²) >= 11 is 0. The molecule has 0 spiro atoms. The van der Waals surface area contributed by atoms with Gasteiger partial charge >= 0.3 is 5.97 Å². The van der Waals surface area contributed by atoms with E-state index < -0.39 is 11.8 Å². The van der Waals surface area contributed by atoms with Crippen molar-refractivity contribution >= 4 is 28.5 Å². The summed E-state index contributed by atoms with van der Waals surface area (Å²) in [6.45, 7) is 3.34. The molecule has 7 nitrogen and oxygen atoms in total. The van der Waals surface area contributed by atoms with E-state index in [0.717, 1.165) is 0 Å². The number of esters is 1. The Bertz CT molecular complexity index is 1040. The minimum atomic E-state index is -0.516. The molecule has 0 bridgehead atoms. The van der Waals surface area contributed by atoms with Crippen LogP contribution in [0.3, 0.4) is 0 Å². The van der Waals surface area contributed by atoms with Gasteiger partial charge in [-0.1, -0.05) is 0 Å². The van der Waals surface area contributed by atoms with Crippen LogP contribution in [0.15, 0.2) is 36.4 Å². The first-order valence-corrected chi connectivity index (χ1v) is 8.54. The number of H-pyrrole nitrogens is 1. The Hall–Kier alpha value is -3.55. The summed E-state index contributed by atoms with van der Waals surface area (Å²) in [5.74, 6) is -0.550. The van der Waals surface area contributed by atoms with Crippen LogP contribution < -0.4 is 14.8 Å². The maximum atomic E-state index is 13.6. The summed E-state index contributed by atoms with van der Waals surface area (Å²) in [6.07, 6.45) is 0. The summed E-state index contributed by atoms with van der Waals surface area (Å²) in [5.41, 5.74) is 1.29. The molecular weight excluding hydrogens is 367 g/mol. The van der Waals surface area contributed by atoms with Gasteiger partial charge in [0.25, 0.3) is 0 Å². The van der Waals surface area contributed by atoms with E-state index in [1.165, 1.54) is 32.2 Å². The normalized spacial score (nSPS) is 10.6. The first-order chi connectivity index (χ1) is 13.4. The van der Waals surface area contributed by atoms with E-state index in [4.69, 9.17) is 14.2 Å². The van der Waals surface area contributed by atoms with E-state index in [-0.39, 0.29) is 24.0 Å². The van der Waals surface area contributed by atoms with Crippen LogP contribution in [0, 0.1) is 5.82 Å². The highest BCUT2D eigenvalue weighted by molar-refractivity contribution is 6.00. The van der Waals surface area contributed by atoms with Crippen molar-refractivity contribution in [3.05, 3.63) is 47.9 Å². The van der Waals surface area contributed by atoms with Gasteiger partial charge in [-0.15, -0.1) is 0 Å². The second kappa shape index (κ2) is 7.99. The number of halogens is 1. The number of benzene rings is 2. The Morgan fingerprint density at radius 3 is 2.61 bits per heavy atom. The maximum absolute atomic E-state index is 13.6. The lowest BCUT2D eigenvalue weighted by atomic mass is 10.2. The highest BCUT2D eigenvalue weighted by Gasteiger charge is 2.16. The van der Waals surface area contributed by atoms with Gasteiger partial charge in [-0.2, -0.15) is 0 Å². The van der Waals surface area contributed by atoms with E-state index in [0.29, 0.717) is 28.1 Å². The van der Waals surface area contributed by atoms with Crippen LogP contribution in [-0.4, -0.2) is 30.6 Å². The number of anilines is 1. The summed E-state index contributed by atoms with van der Waals surface area (Å²) in [5, 5.41) is 3.28. The second-order valence-corrected chi connectivity index (χ2v) is 5.92. The van der Waals surface area contributed by atoms with Crippen LogP contribution in [0.1, 0.15) is 24.3 Å². The lowest BCUT2D eigenvalue weighted by Gasteiger charge is -2.11. The standard InChI is InChI=1S/C20H19FN2O5/c1-4-27-20(25)17-10-14-16(23-17)7-12(22-11(2)24)8-18(14)28-13-5-6-15(21)19(9-13)26-3/h5-10,23H,4H2,1-3H3,(H,22,24). The molecule has 0 atom stereocenters. The molecule has 1 amide bonds. The highest BCUT2D eigenvalue weighted by Crippen LogP contribution is 2.35.